The number of benzene rings is 1. The Balaban J connectivity index is 1.96. The van der Waals surface area contributed by atoms with Gasteiger partial charge in [-0.1, -0.05) is 34.1 Å². The highest BCUT2D eigenvalue weighted by Crippen LogP contribution is 2.14. The lowest BCUT2D eigenvalue weighted by molar-refractivity contribution is -0.938. The van der Waals surface area contributed by atoms with E-state index in [1.165, 1.54) is 42.6 Å². The molecule has 0 bridgehead atoms. The van der Waals surface area contributed by atoms with E-state index in [1.54, 1.807) is 9.80 Å². The van der Waals surface area contributed by atoms with Crippen molar-refractivity contribution in [3.8, 4) is 0 Å². The summed E-state index contributed by atoms with van der Waals surface area (Å²) in [6.07, 6.45) is 1.35. The second-order valence-corrected chi connectivity index (χ2v) is 5.68. The maximum absolute atomic E-state index is 3.64. The van der Waals surface area contributed by atoms with Crippen LogP contribution >= 0.6 is 15.9 Å². The predicted octanol–water partition coefficient (Wildman–Crippen LogP) is -0.248. The number of likely N-dealkylation sites (N-methyl/N-ethyl adjacent to an activating group) is 1. The molecule has 1 heterocycles. The first-order valence-electron chi connectivity index (χ1n) is 6.14. The molecule has 2 unspecified atom stereocenters. The van der Waals surface area contributed by atoms with Crippen LogP contribution in [0.25, 0.3) is 0 Å². The average molecular weight is 285 g/mol. The Labute approximate surface area is 106 Å². The van der Waals surface area contributed by atoms with Gasteiger partial charge in [-0.05, 0) is 6.07 Å². The van der Waals surface area contributed by atoms with Gasteiger partial charge >= 0.3 is 0 Å². The van der Waals surface area contributed by atoms with Crippen LogP contribution < -0.4 is 9.80 Å². The van der Waals surface area contributed by atoms with E-state index >= 15 is 0 Å². The first-order valence-corrected chi connectivity index (χ1v) is 6.93. The molecular weight excluding hydrogens is 264 g/mol. The van der Waals surface area contributed by atoms with Crippen LogP contribution in [0.5, 0.6) is 0 Å². The van der Waals surface area contributed by atoms with E-state index in [1.807, 2.05) is 0 Å². The maximum atomic E-state index is 3.64. The van der Waals surface area contributed by atoms with E-state index in [0.29, 0.717) is 0 Å². The molecule has 0 amide bonds. The molecule has 1 fully saturated rings. The fourth-order valence-corrected chi connectivity index (χ4v) is 2.79. The minimum atomic E-state index is 1.16. The lowest BCUT2D eigenvalue weighted by Crippen LogP contribution is -3.15. The third-order valence-electron chi connectivity index (χ3n) is 3.44. The van der Waals surface area contributed by atoms with E-state index in [4.69, 9.17) is 0 Å². The number of hydrogen-bond donors (Lipinski definition) is 2. The highest BCUT2D eigenvalue weighted by Gasteiger charge is 2.18. The van der Waals surface area contributed by atoms with E-state index in [-0.39, 0.29) is 0 Å². The van der Waals surface area contributed by atoms with Gasteiger partial charge in [0.05, 0.1) is 20.1 Å². The molecule has 2 rings (SSSR count). The summed E-state index contributed by atoms with van der Waals surface area (Å²) in [5.74, 6) is 0. The molecule has 16 heavy (non-hydrogen) atoms. The number of rotatable bonds is 2. The summed E-state index contributed by atoms with van der Waals surface area (Å²) in [4.78, 5) is 3.41. The quantitative estimate of drug-likeness (QED) is 0.742. The summed E-state index contributed by atoms with van der Waals surface area (Å²) in [7, 11) is 2.31. The van der Waals surface area contributed by atoms with Crippen molar-refractivity contribution in [3.05, 3.63) is 34.3 Å². The van der Waals surface area contributed by atoms with Crippen LogP contribution in [0.4, 0.5) is 0 Å². The number of halogens is 1. The van der Waals surface area contributed by atoms with E-state index in [0.717, 1.165) is 6.54 Å². The Bertz CT molecular complexity index is 340. The van der Waals surface area contributed by atoms with Crippen LogP contribution in [0.1, 0.15) is 12.0 Å². The highest BCUT2D eigenvalue weighted by molar-refractivity contribution is 9.10. The molecule has 2 atom stereocenters. The van der Waals surface area contributed by atoms with Gasteiger partial charge < -0.3 is 9.80 Å². The second-order valence-electron chi connectivity index (χ2n) is 4.83. The molecule has 1 aliphatic rings. The summed E-state index contributed by atoms with van der Waals surface area (Å²) >= 11 is 3.64. The van der Waals surface area contributed by atoms with Gasteiger partial charge in [-0.3, -0.25) is 0 Å². The minimum absolute atomic E-state index is 1.16. The monoisotopic (exact) mass is 284 g/mol. The smallest absolute Gasteiger partial charge is 0.127 e. The molecule has 1 saturated heterocycles. The van der Waals surface area contributed by atoms with Crippen molar-refractivity contribution in [1.29, 1.82) is 0 Å². The van der Waals surface area contributed by atoms with Gasteiger partial charge in [0.2, 0.25) is 0 Å². The number of hydrogen-bond acceptors (Lipinski definition) is 0. The molecule has 0 spiro atoms. The minimum Gasteiger partial charge on any atom is -0.333 e. The van der Waals surface area contributed by atoms with Gasteiger partial charge in [0, 0.05) is 16.5 Å². The first-order chi connectivity index (χ1) is 7.75. The van der Waals surface area contributed by atoms with E-state index in [2.05, 4.69) is 47.2 Å². The molecule has 1 aromatic rings. The Morgan fingerprint density at radius 1 is 1.12 bits per heavy atom. The molecule has 3 heteroatoms. The van der Waals surface area contributed by atoms with Gasteiger partial charge in [-0.25, -0.2) is 0 Å². The molecule has 1 aromatic carbocycles. The van der Waals surface area contributed by atoms with Crippen molar-refractivity contribution in [1.82, 2.24) is 0 Å². The summed E-state index contributed by atoms with van der Waals surface area (Å²) in [6, 6.07) is 8.60. The molecule has 0 radical (unpaired) electrons. The van der Waals surface area contributed by atoms with Crippen molar-refractivity contribution in [2.45, 2.75) is 13.0 Å². The zero-order chi connectivity index (χ0) is 11.4. The Hall–Kier alpha value is -0.380. The molecule has 0 aliphatic carbocycles. The standard InChI is InChI=1S/C13H19BrN2/c1-15-7-4-8-16(10-9-15)11-12-5-2-3-6-13(12)14/h2-3,5-6H,4,7-11H2,1H3/p+2. The number of nitrogens with one attached hydrogen (secondary N) is 2. The van der Waals surface area contributed by atoms with Crippen molar-refractivity contribution in [2.75, 3.05) is 33.2 Å². The van der Waals surface area contributed by atoms with Gasteiger partial charge in [-0.15, -0.1) is 0 Å². The van der Waals surface area contributed by atoms with Crippen LogP contribution in [-0.2, 0) is 6.54 Å². The summed E-state index contributed by atoms with van der Waals surface area (Å²) in [5.41, 5.74) is 1.44. The Morgan fingerprint density at radius 2 is 1.94 bits per heavy atom. The maximum Gasteiger partial charge on any atom is 0.127 e. The van der Waals surface area contributed by atoms with Crippen LogP contribution in [0, 0.1) is 0 Å². The van der Waals surface area contributed by atoms with Gasteiger partial charge in [-0.2, -0.15) is 0 Å². The van der Waals surface area contributed by atoms with Crippen molar-refractivity contribution >= 4 is 15.9 Å². The highest BCUT2D eigenvalue weighted by atomic mass is 79.9. The predicted molar refractivity (Wildman–Crippen MR) is 69.8 cm³/mol. The van der Waals surface area contributed by atoms with Gasteiger partial charge in [0.15, 0.2) is 0 Å². The largest absolute Gasteiger partial charge is 0.333 e. The third-order valence-corrected chi connectivity index (χ3v) is 4.21. The molecule has 2 N–H and O–H groups in total. The van der Waals surface area contributed by atoms with Crippen molar-refractivity contribution in [3.63, 3.8) is 0 Å². The second kappa shape index (κ2) is 5.80. The van der Waals surface area contributed by atoms with E-state index < -0.39 is 0 Å². The van der Waals surface area contributed by atoms with Gasteiger partial charge in [0.25, 0.3) is 0 Å². The van der Waals surface area contributed by atoms with Crippen LogP contribution in [0.2, 0.25) is 0 Å². The van der Waals surface area contributed by atoms with Crippen LogP contribution in [0.3, 0.4) is 0 Å². The molecule has 0 aromatic heterocycles. The zero-order valence-electron chi connectivity index (χ0n) is 9.93. The lowest BCUT2D eigenvalue weighted by Gasteiger charge is -2.16. The molecule has 0 saturated carbocycles. The zero-order valence-corrected chi connectivity index (χ0v) is 11.5. The molecule has 88 valence electrons. The van der Waals surface area contributed by atoms with Crippen LogP contribution in [0.15, 0.2) is 28.7 Å². The Morgan fingerprint density at radius 3 is 2.75 bits per heavy atom. The van der Waals surface area contributed by atoms with Crippen molar-refractivity contribution in [2.24, 2.45) is 0 Å². The SMILES string of the molecule is C[NH+]1CCC[NH+](Cc2ccccc2Br)CC1. The van der Waals surface area contributed by atoms with Crippen LogP contribution in [-0.4, -0.2) is 33.2 Å². The topological polar surface area (TPSA) is 8.88 Å². The summed E-state index contributed by atoms with van der Waals surface area (Å²) < 4.78 is 1.26. The molecular formula is C13H21BrN2+2. The lowest BCUT2D eigenvalue weighted by atomic mass is 10.2. The Kier molecular flexibility index (Phi) is 4.38. The molecule has 1 aliphatic heterocycles. The average Bonchev–Trinajstić information content (AvgIpc) is 2.47. The van der Waals surface area contributed by atoms with Gasteiger partial charge in [0.1, 0.15) is 19.6 Å². The fourth-order valence-electron chi connectivity index (χ4n) is 2.37. The summed E-state index contributed by atoms with van der Waals surface area (Å²) in [6.45, 7) is 6.42. The van der Waals surface area contributed by atoms with Crippen molar-refractivity contribution < 1.29 is 9.80 Å². The normalized spacial score (nSPS) is 26.4. The fraction of sp³-hybridized carbons (Fsp3) is 0.538. The summed E-state index contributed by atoms with van der Waals surface area (Å²) in [5, 5.41) is 0. The number of quaternary nitrogens is 2. The van der Waals surface area contributed by atoms with E-state index in [9.17, 15) is 0 Å². The third kappa shape index (κ3) is 3.30. The first kappa shape index (κ1) is 12.1. The molecule has 2 nitrogen and oxygen atoms in total.